The molecular weight excluding hydrogens is 148 g/mol. The fraction of sp³-hybridized carbons (Fsp3) is 0.900. The Hall–Kier alpha value is -0.530. The van der Waals surface area contributed by atoms with Crippen LogP contribution >= 0.6 is 0 Å². The van der Waals surface area contributed by atoms with Gasteiger partial charge in [-0.2, -0.15) is 5.10 Å². The lowest BCUT2D eigenvalue weighted by atomic mass is 10.0. The molecule has 12 heavy (non-hydrogen) atoms. The number of unbranched alkanes of at least 4 members (excludes halogenated alkanes) is 1. The van der Waals surface area contributed by atoms with E-state index in [1.165, 1.54) is 18.6 Å². The van der Waals surface area contributed by atoms with E-state index in [1.807, 2.05) is 19.1 Å². The zero-order valence-electron chi connectivity index (χ0n) is 9.09. The number of rotatable bonds is 5. The van der Waals surface area contributed by atoms with Crippen LogP contribution in [0.3, 0.4) is 0 Å². The summed E-state index contributed by atoms with van der Waals surface area (Å²) in [6, 6.07) is 0. The molecular formula is C10H22N2. The maximum absolute atomic E-state index is 4.46. The van der Waals surface area contributed by atoms with E-state index in [9.17, 15) is 0 Å². The van der Waals surface area contributed by atoms with Gasteiger partial charge >= 0.3 is 0 Å². The molecule has 0 aromatic carbocycles. The summed E-state index contributed by atoms with van der Waals surface area (Å²) in [4.78, 5) is 0. The van der Waals surface area contributed by atoms with Gasteiger partial charge in [0, 0.05) is 19.8 Å². The van der Waals surface area contributed by atoms with Crippen LogP contribution in [0.2, 0.25) is 0 Å². The monoisotopic (exact) mass is 170 g/mol. The van der Waals surface area contributed by atoms with E-state index < -0.39 is 0 Å². The molecule has 0 heterocycles. The van der Waals surface area contributed by atoms with E-state index in [0.717, 1.165) is 6.42 Å². The van der Waals surface area contributed by atoms with Gasteiger partial charge in [0.15, 0.2) is 0 Å². The first-order valence-corrected chi connectivity index (χ1v) is 4.82. The molecule has 2 nitrogen and oxygen atoms in total. The van der Waals surface area contributed by atoms with Gasteiger partial charge in [0.2, 0.25) is 0 Å². The molecule has 0 unspecified atom stereocenters. The molecule has 0 aromatic rings. The van der Waals surface area contributed by atoms with Crippen molar-refractivity contribution >= 4 is 5.71 Å². The first-order valence-electron chi connectivity index (χ1n) is 4.82. The van der Waals surface area contributed by atoms with Gasteiger partial charge < -0.3 is 5.01 Å². The van der Waals surface area contributed by atoms with Gasteiger partial charge in [-0.15, -0.1) is 0 Å². The maximum atomic E-state index is 4.46. The van der Waals surface area contributed by atoms with E-state index in [2.05, 4.69) is 25.9 Å². The van der Waals surface area contributed by atoms with Crippen LogP contribution in [0, 0.1) is 5.92 Å². The molecule has 0 saturated carbocycles. The van der Waals surface area contributed by atoms with Gasteiger partial charge in [0.1, 0.15) is 0 Å². The van der Waals surface area contributed by atoms with Crippen LogP contribution in [0.1, 0.15) is 40.0 Å². The van der Waals surface area contributed by atoms with Crippen LogP contribution in [-0.4, -0.2) is 24.8 Å². The molecule has 72 valence electrons. The second-order valence-corrected chi connectivity index (χ2v) is 3.70. The van der Waals surface area contributed by atoms with Crippen molar-refractivity contribution in [2.45, 2.75) is 40.0 Å². The number of hydrogen-bond acceptors (Lipinski definition) is 2. The summed E-state index contributed by atoms with van der Waals surface area (Å²) in [5, 5.41) is 6.36. The third-order valence-electron chi connectivity index (χ3n) is 1.78. The van der Waals surface area contributed by atoms with Gasteiger partial charge in [-0.3, -0.25) is 0 Å². The quantitative estimate of drug-likeness (QED) is 0.457. The van der Waals surface area contributed by atoms with Crippen LogP contribution in [0.15, 0.2) is 5.10 Å². The lowest BCUT2D eigenvalue weighted by Gasteiger charge is -2.13. The molecule has 0 spiro atoms. The third kappa shape index (κ3) is 5.16. The minimum atomic E-state index is 0.582. The lowest BCUT2D eigenvalue weighted by molar-refractivity contribution is 0.431. The summed E-state index contributed by atoms with van der Waals surface area (Å²) in [5.41, 5.74) is 1.32. The predicted molar refractivity (Wildman–Crippen MR) is 55.5 cm³/mol. The molecule has 0 rings (SSSR count). The van der Waals surface area contributed by atoms with Crippen molar-refractivity contribution in [1.29, 1.82) is 0 Å². The molecule has 0 aliphatic carbocycles. The molecule has 0 aliphatic heterocycles. The SMILES string of the molecule is CCCC/C(=N\N(C)C)C(C)C. The highest BCUT2D eigenvalue weighted by molar-refractivity contribution is 5.85. The minimum absolute atomic E-state index is 0.582. The average Bonchev–Trinajstić information content (AvgIpc) is 1.96. The maximum Gasteiger partial charge on any atom is 0.0405 e. The molecule has 0 fully saturated rings. The van der Waals surface area contributed by atoms with E-state index in [1.54, 1.807) is 0 Å². The Bertz CT molecular complexity index is 137. The number of nitrogens with zero attached hydrogens (tertiary/aromatic N) is 2. The summed E-state index contributed by atoms with van der Waals surface area (Å²) in [5.74, 6) is 0.582. The van der Waals surface area contributed by atoms with E-state index in [-0.39, 0.29) is 0 Å². The zero-order valence-corrected chi connectivity index (χ0v) is 9.09. The summed E-state index contributed by atoms with van der Waals surface area (Å²) in [6.45, 7) is 6.63. The summed E-state index contributed by atoms with van der Waals surface area (Å²) in [6.07, 6.45) is 3.65. The van der Waals surface area contributed by atoms with E-state index >= 15 is 0 Å². The average molecular weight is 170 g/mol. The standard InChI is InChI=1S/C10H22N2/c1-6-7-8-10(9(2)3)11-12(4)5/h9H,6-8H2,1-5H3/b11-10+. The van der Waals surface area contributed by atoms with Gasteiger partial charge in [-0.1, -0.05) is 27.2 Å². The molecule has 0 N–H and O–H groups in total. The molecule has 0 bridgehead atoms. The first-order chi connectivity index (χ1) is 5.57. The highest BCUT2D eigenvalue weighted by Gasteiger charge is 2.04. The molecule has 2 heteroatoms. The van der Waals surface area contributed by atoms with Gasteiger partial charge in [0.05, 0.1) is 0 Å². The summed E-state index contributed by atoms with van der Waals surface area (Å²) in [7, 11) is 3.96. The number of hydrogen-bond donors (Lipinski definition) is 0. The largest absolute Gasteiger partial charge is 0.303 e. The Morgan fingerprint density at radius 3 is 2.25 bits per heavy atom. The molecule has 0 saturated heterocycles. The minimum Gasteiger partial charge on any atom is -0.303 e. The van der Waals surface area contributed by atoms with Crippen LogP contribution in [0.5, 0.6) is 0 Å². The molecule has 0 aliphatic rings. The Balaban J connectivity index is 4.04. The van der Waals surface area contributed by atoms with Crippen molar-refractivity contribution in [3.63, 3.8) is 0 Å². The van der Waals surface area contributed by atoms with Crippen LogP contribution in [-0.2, 0) is 0 Å². The highest BCUT2D eigenvalue weighted by Crippen LogP contribution is 2.06. The molecule has 0 atom stereocenters. The Morgan fingerprint density at radius 2 is 1.92 bits per heavy atom. The van der Waals surface area contributed by atoms with Crippen molar-refractivity contribution in [1.82, 2.24) is 5.01 Å². The summed E-state index contributed by atoms with van der Waals surface area (Å²) >= 11 is 0. The van der Waals surface area contributed by atoms with Crippen molar-refractivity contribution in [3.05, 3.63) is 0 Å². The molecule has 0 amide bonds. The van der Waals surface area contributed by atoms with Crippen LogP contribution in [0.4, 0.5) is 0 Å². The van der Waals surface area contributed by atoms with Crippen molar-refractivity contribution in [2.24, 2.45) is 11.0 Å². The predicted octanol–water partition coefficient (Wildman–Crippen LogP) is 2.75. The summed E-state index contributed by atoms with van der Waals surface area (Å²) < 4.78 is 0. The van der Waals surface area contributed by atoms with Crippen LogP contribution in [0.25, 0.3) is 0 Å². The van der Waals surface area contributed by atoms with E-state index in [4.69, 9.17) is 0 Å². The van der Waals surface area contributed by atoms with Gasteiger partial charge in [-0.25, -0.2) is 0 Å². The van der Waals surface area contributed by atoms with Crippen molar-refractivity contribution in [3.8, 4) is 0 Å². The molecule has 0 aromatic heterocycles. The highest BCUT2D eigenvalue weighted by atomic mass is 15.4. The normalized spacial score (nSPS) is 12.3. The van der Waals surface area contributed by atoms with Gasteiger partial charge in [-0.05, 0) is 18.8 Å². The van der Waals surface area contributed by atoms with Crippen molar-refractivity contribution < 1.29 is 0 Å². The Kier molecular flexibility index (Phi) is 5.77. The Morgan fingerprint density at radius 1 is 1.33 bits per heavy atom. The van der Waals surface area contributed by atoms with Crippen LogP contribution < -0.4 is 0 Å². The fourth-order valence-electron chi connectivity index (χ4n) is 1.07. The van der Waals surface area contributed by atoms with E-state index in [0.29, 0.717) is 5.92 Å². The van der Waals surface area contributed by atoms with Crippen molar-refractivity contribution in [2.75, 3.05) is 14.1 Å². The molecule has 0 radical (unpaired) electrons. The topological polar surface area (TPSA) is 15.6 Å². The second kappa shape index (κ2) is 6.04. The first kappa shape index (κ1) is 11.5. The third-order valence-corrected chi connectivity index (χ3v) is 1.78. The van der Waals surface area contributed by atoms with Gasteiger partial charge in [0.25, 0.3) is 0 Å². The lowest BCUT2D eigenvalue weighted by Crippen LogP contribution is -2.14. The Labute approximate surface area is 76.6 Å². The smallest absolute Gasteiger partial charge is 0.0405 e. The second-order valence-electron chi connectivity index (χ2n) is 3.70. The number of hydrazone groups is 1. The zero-order chi connectivity index (χ0) is 9.56. The fourth-order valence-corrected chi connectivity index (χ4v) is 1.07.